The number of aromatic nitrogens is 1. The summed E-state index contributed by atoms with van der Waals surface area (Å²) < 4.78 is 5.70. The van der Waals surface area contributed by atoms with Crippen molar-refractivity contribution in [2.24, 2.45) is 5.92 Å². The molecule has 3 nitrogen and oxygen atoms in total. The number of nitrogens with zero attached hydrogens (tertiary/aromatic N) is 1. The Morgan fingerprint density at radius 2 is 2.24 bits per heavy atom. The first-order chi connectivity index (χ1) is 8.16. The van der Waals surface area contributed by atoms with Gasteiger partial charge in [-0.1, -0.05) is 6.92 Å². The first-order valence-corrected chi connectivity index (χ1v) is 6.49. The smallest absolute Gasteiger partial charge is 0.138 e. The molecule has 1 fully saturated rings. The lowest BCUT2D eigenvalue weighted by atomic mass is 9.83. The van der Waals surface area contributed by atoms with Crippen LogP contribution < -0.4 is 10.1 Å². The molecule has 17 heavy (non-hydrogen) atoms. The Hall–Kier alpha value is -1.09. The van der Waals surface area contributed by atoms with Gasteiger partial charge in [0.15, 0.2) is 0 Å². The van der Waals surface area contributed by atoms with E-state index in [-0.39, 0.29) is 6.10 Å². The molecule has 2 atom stereocenters. The van der Waals surface area contributed by atoms with Gasteiger partial charge >= 0.3 is 0 Å². The van der Waals surface area contributed by atoms with Crippen molar-refractivity contribution in [3.63, 3.8) is 0 Å². The fourth-order valence-corrected chi connectivity index (χ4v) is 2.48. The standard InChI is InChI=1S/C14H22N2O/c1-10(2)17-13-6-12(8-16-9-13)14-4-5-15-7-11(14)3/h6,8-11,14-15H,4-5,7H2,1-3H3. The topological polar surface area (TPSA) is 34.1 Å². The van der Waals surface area contributed by atoms with Crippen molar-refractivity contribution in [1.82, 2.24) is 10.3 Å². The Bertz CT molecular complexity index is 365. The Labute approximate surface area is 104 Å². The molecule has 2 heterocycles. The van der Waals surface area contributed by atoms with Gasteiger partial charge in [-0.05, 0) is 56.8 Å². The molecular weight excluding hydrogens is 212 g/mol. The van der Waals surface area contributed by atoms with Crippen LogP contribution in [0.15, 0.2) is 18.5 Å². The van der Waals surface area contributed by atoms with Crippen LogP contribution >= 0.6 is 0 Å². The lowest BCUT2D eigenvalue weighted by Crippen LogP contribution is -2.33. The maximum Gasteiger partial charge on any atom is 0.138 e. The zero-order chi connectivity index (χ0) is 12.3. The van der Waals surface area contributed by atoms with Gasteiger partial charge in [-0.2, -0.15) is 0 Å². The molecule has 0 aromatic carbocycles. The molecule has 1 aliphatic rings. The predicted octanol–water partition coefficient (Wildman–Crippen LogP) is 2.58. The van der Waals surface area contributed by atoms with E-state index in [1.165, 1.54) is 12.0 Å². The molecule has 1 aromatic rings. The second-order valence-electron chi connectivity index (χ2n) is 5.20. The fourth-order valence-electron chi connectivity index (χ4n) is 2.48. The Kier molecular flexibility index (Phi) is 4.00. The van der Waals surface area contributed by atoms with Crippen molar-refractivity contribution in [2.75, 3.05) is 13.1 Å². The average Bonchev–Trinajstić information content (AvgIpc) is 2.29. The summed E-state index contributed by atoms with van der Waals surface area (Å²) in [6.45, 7) is 8.58. The molecule has 0 radical (unpaired) electrons. The molecular formula is C14H22N2O. The number of nitrogens with one attached hydrogen (secondary N) is 1. The van der Waals surface area contributed by atoms with Gasteiger partial charge in [0.2, 0.25) is 0 Å². The monoisotopic (exact) mass is 234 g/mol. The second kappa shape index (κ2) is 5.50. The van der Waals surface area contributed by atoms with E-state index in [9.17, 15) is 0 Å². The second-order valence-corrected chi connectivity index (χ2v) is 5.20. The van der Waals surface area contributed by atoms with Crippen LogP contribution in [0.25, 0.3) is 0 Å². The third-order valence-electron chi connectivity index (χ3n) is 3.32. The Balaban J connectivity index is 2.14. The predicted molar refractivity (Wildman–Crippen MR) is 69.4 cm³/mol. The van der Waals surface area contributed by atoms with E-state index in [0.717, 1.165) is 18.8 Å². The maximum absolute atomic E-state index is 5.70. The number of hydrogen-bond acceptors (Lipinski definition) is 3. The SMILES string of the molecule is CC(C)Oc1cncc(C2CCNCC2C)c1. The van der Waals surface area contributed by atoms with Gasteiger partial charge in [0.1, 0.15) is 5.75 Å². The molecule has 94 valence electrons. The third-order valence-corrected chi connectivity index (χ3v) is 3.32. The molecule has 1 aromatic heterocycles. The Morgan fingerprint density at radius 3 is 2.94 bits per heavy atom. The summed E-state index contributed by atoms with van der Waals surface area (Å²) in [5.74, 6) is 2.17. The molecule has 0 bridgehead atoms. The van der Waals surface area contributed by atoms with Crippen LogP contribution in [0.5, 0.6) is 5.75 Å². The molecule has 3 heteroatoms. The van der Waals surface area contributed by atoms with Gasteiger partial charge < -0.3 is 10.1 Å². The number of ether oxygens (including phenoxy) is 1. The molecule has 0 amide bonds. The third kappa shape index (κ3) is 3.19. The zero-order valence-corrected chi connectivity index (χ0v) is 10.9. The molecule has 1 saturated heterocycles. The molecule has 2 rings (SSSR count). The van der Waals surface area contributed by atoms with Crippen molar-refractivity contribution in [3.8, 4) is 5.75 Å². The quantitative estimate of drug-likeness (QED) is 0.873. The number of piperidine rings is 1. The van der Waals surface area contributed by atoms with Crippen molar-refractivity contribution in [3.05, 3.63) is 24.0 Å². The van der Waals surface area contributed by atoms with Crippen molar-refractivity contribution in [2.45, 2.75) is 39.2 Å². The number of hydrogen-bond donors (Lipinski definition) is 1. The first kappa shape index (κ1) is 12.4. The van der Waals surface area contributed by atoms with Gasteiger partial charge in [-0.15, -0.1) is 0 Å². The van der Waals surface area contributed by atoms with Crippen LogP contribution in [-0.2, 0) is 0 Å². The maximum atomic E-state index is 5.70. The van der Waals surface area contributed by atoms with E-state index in [0.29, 0.717) is 11.8 Å². The average molecular weight is 234 g/mol. The normalized spacial score (nSPS) is 24.9. The van der Waals surface area contributed by atoms with Crippen molar-refractivity contribution in [1.29, 1.82) is 0 Å². The van der Waals surface area contributed by atoms with Crippen LogP contribution in [0.4, 0.5) is 0 Å². The fraction of sp³-hybridized carbons (Fsp3) is 0.643. The van der Waals surface area contributed by atoms with Crippen LogP contribution in [0.3, 0.4) is 0 Å². The molecule has 2 unspecified atom stereocenters. The summed E-state index contributed by atoms with van der Waals surface area (Å²) >= 11 is 0. The minimum absolute atomic E-state index is 0.206. The van der Waals surface area contributed by atoms with Crippen LogP contribution in [0.1, 0.15) is 38.7 Å². The van der Waals surface area contributed by atoms with E-state index in [1.54, 1.807) is 6.20 Å². The van der Waals surface area contributed by atoms with Crippen LogP contribution in [0, 0.1) is 5.92 Å². The largest absolute Gasteiger partial charge is 0.489 e. The number of pyridine rings is 1. The molecule has 0 aliphatic carbocycles. The van der Waals surface area contributed by atoms with Gasteiger partial charge in [0.05, 0.1) is 12.3 Å². The summed E-state index contributed by atoms with van der Waals surface area (Å²) in [6.07, 6.45) is 5.18. The van der Waals surface area contributed by atoms with E-state index in [1.807, 2.05) is 20.0 Å². The zero-order valence-electron chi connectivity index (χ0n) is 10.9. The summed E-state index contributed by atoms with van der Waals surface area (Å²) in [7, 11) is 0. The molecule has 0 spiro atoms. The van der Waals surface area contributed by atoms with Crippen molar-refractivity contribution < 1.29 is 4.74 Å². The summed E-state index contributed by atoms with van der Waals surface area (Å²) in [6, 6.07) is 2.15. The van der Waals surface area contributed by atoms with Gasteiger partial charge in [0.25, 0.3) is 0 Å². The van der Waals surface area contributed by atoms with Crippen LogP contribution in [-0.4, -0.2) is 24.2 Å². The number of rotatable bonds is 3. The minimum atomic E-state index is 0.206. The van der Waals surface area contributed by atoms with E-state index in [2.05, 4.69) is 23.3 Å². The minimum Gasteiger partial charge on any atom is -0.489 e. The van der Waals surface area contributed by atoms with Gasteiger partial charge in [-0.25, -0.2) is 0 Å². The highest BCUT2D eigenvalue weighted by Crippen LogP contribution is 2.31. The lowest BCUT2D eigenvalue weighted by molar-refractivity contribution is 0.240. The lowest BCUT2D eigenvalue weighted by Gasteiger charge is -2.29. The highest BCUT2D eigenvalue weighted by atomic mass is 16.5. The van der Waals surface area contributed by atoms with Gasteiger partial charge in [-0.3, -0.25) is 4.98 Å². The van der Waals surface area contributed by atoms with E-state index in [4.69, 9.17) is 4.74 Å². The summed E-state index contributed by atoms with van der Waals surface area (Å²) in [5.41, 5.74) is 1.32. The summed E-state index contributed by atoms with van der Waals surface area (Å²) in [5, 5.41) is 3.43. The highest BCUT2D eigenvalue weighted by Gasteiger charge is 2.23. The Morgan fingerprint density at radius 1 is 1.41 bits per heavy atom. The first-order valence-electron chi connectivity index (χ1n) is 6.49. The molecule has 1 N–H and O–H groups in total. The molecule has 1 aliphatic heterocycles. The van der Waals surface area contributed by atoms with E-state index >= 15 is 0 Å². The highest BCUT2D eigenvalue weighted by molar-refractivity contribution is 5.27. The summed E-state index contributed by atoms with van der Waals surface area (Å²) in [4.78, 5) is 4.30. The molecule has 0 saturated carbocycles. The van der Waals surface area contributed by atoms with Crippen molar-refractivity contribution >= 4 is 0 Å². The van der Waals surface area contributed by atoms with Crippen LogP contribution in [0.2, 0.25) is 0 Å². The van der Waals surface area contributed by atoms with Gasteiger partial charge in [0, 0.05) is 6.20 Å². The van der Waals surface area contributed by atoms with E-state index < -0.39 is 0 Å².